The molecule has 2 aromatic rings. The molecule has 1 fully saturated rings. The molecule has 0 amide bonds. The lowest BCUT2D eigenvalue weighted by Crippen LogP contribution is -2.51. The first-order valence-corrected chi connectivity index (χ1v) is 8.38. The Morgan fingerprint density at radius 2 is 2.09 bits per heavy atom. The van der Waals surface area contributed by atoms with Crippen molar-refractivity contribution in [2.45, 2.75) is 58.5 Å². The van der Waals surface area contributed by atoms with Crippen LogP contribution in [0.15, 0.2) is 12.1 Å². The van der Waals surface area contributed by atoms with E-state index in [4.69, 9.17) is 10.1 Å². The van der Waals surface area contributed by atoms with E-state index >= 15 is 0 Å². The molecule has 22 heavy (non-hydrogen) atoms. The van der Waals surface area contributed by atoms with Gasteiger partial charge in [-0.2, -0.15) is 5.10 Å². The summed E-state index contributed by atoms with van der Waals surface area (Å²) in [6, 6.07) is 4.17. The van der Waals surface area contributed by atoms with Gasteiger partial charge in [0.15, 0.2) is 5.65 Å². The van der Waals surface area contributed by atoms with Crippen molar-refractivity contribution in [2.75, 3.05) is 18.0 Å². The van der Waals surface area contributed by atoms with E-state index in [0.717, 1.165) is 22.9 Å². The summed E-state index contributed by atoms with van der Waals surface area (Å²) in [7, 11) is 0. The first-order chi connectivity index (χ1) is 10.6. The number of β-amino-alcohol motifs (C(OH)–C–C–N with tert-alkyl or cyclic N) is 1. The zero-order valence-electron chi connectivity index (χ0n) is 13.8. The van der Waals surface area contributed by atoms with Crippen molar-refractivity contribution in [3.63, 3.8) is 0 Å². The van der Waals surface area contributed by atoms with Crippen LogP contribution in [0.5, 0.6) is 0 Å². The minimum Gasteiger partial charge on any atom is -0.389 e. The monoisotopic (exact) mass is 302 g/mol. The van der Waals surface area contributed by atoms with Crippen molar-refractivity contribution < 1.29 is 5.11 Å². The van der Waals surface area contributed by atoms with Crippen LogP contribution in [0.2, 0.25) is 0 Å². The van der Waals surface area contributed by atoms with Gasteiger partial charge in [0, 0.05) is 36.8 Å². The summed E-state index contributed by atoms with van der Waals surface area (Å²) in [5.41, 5.74) is 3.13. The standard InChI is InChI=1S/C17H26N4O/c1-4-5-6-7-12(2)15-9-17-18-16(20-10-14(22)11-20)8-13(3)21(17)19-15/h8-9,12,14,22H,4-7,10-11H2,1-3H3/t12-/m0/s1. The van der Waals surface area contributed by atoms with Crippen LogP contribution in [-0.2, 0) is 0 Å². The van der Waals surface area contributed by atoms with Gasteiger partial charge in [0.25, 0.3) is 0 Å². The predicted octanol–water partition coefficient (Wildman–Crippen LogP) is 2.90. The van der Waals surface area contributed by atoms with Crippen LogP contribution < -0.4 is 4.90 Å². The molecule has 2 aromatic heterocycles. The van der Waals surface area contributed by atoms with E-state index in [1.165, 1.54) is 25.7 Å². The summed E-state index contributed by atoms with van der Waals surface area (Å²) in [5.74, 6) is 1.42. The van der Waals surface area contributed by atoms with Crippen LogP contribution in [0.1, 0.15) is 56.8 Å². The molecule has 120 valence electrons. The van der Waals surface area contributed by atoms with Crippen LogP contribution in [0.4, 0.5) is 5.82 Å². The van der Waals surface area contributed by atoms with E-state index in [-0.39, 0.29) is 6.10 Å². The van der Waals surface area contributed by atoms with Crippen LogP contribution in [0.3, 0.4) is 0 Å². The SMILES string of the molecule is CCCCC[C@H](C)c1cc2nc(N3CC(O)C3)cc(C)n2n1. The van der Waals surface area contributed by atoms with E-state index in [1.54, 1.807) is 0 Å². The molecule has 1 atom stereocenters. The lowest BCUT2D eigenvalue weighted by molar-refractivity contribution is 0.141. The molecule has 0 radical (unpaired) electrons. The van der Waals surface area contributed by atoms with E-state index in [0.29, 0.717) is 19.0 Å². The molecule has 3 heterocycles. The number of aryl methyl sites for hydroxylation is 1. The predicted molar refractivity (Wildman–Crippen MR) is 88.5 cm³/mol. The van der Waals surface area contributed by atoms with E-state index < -0.39 is 0 Å². The molecular formula is C17H26N4O. The molecule has 3 rings (SSSR count). The molecule has 0 unspecified atom stereocenters. The highest BCUT2D eigenvalue weighted by Crippen LogP contribution is 2.25. The summed E-state index contributed by atoms with van der Waals surface area (Å²) < 4.78 is 1.94. The maximum absolute atomic E-state index is 9.45. The quantitative estimate of drug-likeness (QED) is 0.834. The van der Waals surface area contributed by atoms with Crippen LogP contribution in [-0.4, -0.2) is 38.9 Å². The number of aliphatic hydroxyl groups excluding tert-OH is 1. The largest absolute Gasteiger partial charge is 0.389 e. The topological polar surface area (TPSA) is 53.7 Å². The van der Waals surface area contributed by atoms with Crippen molar-refractivity contribution in [3.8, 4) is 0 Å². The van der Waals surface area contributed by atoms with E-state index in [1.807, 2.05) is 4.52 Å². The molecule has 5 heteroatoms. The lowest BCUT2D eigenvalue weighted by atomic mass is 10.0. The molecule has 1 N–H and O–H groups in total. The minimum absolute atomic E-state index is 0.211. The maximum atomic E-state index is 9.45. The van der Waals surface area contributed by atoms with Gasteiger partial charge in [0.05, 0.1) is 11.8 Å². The van der Waals surface area contributed by atoms with Gasteiger partial charge in [-0.1, -0.05) is 33.1 Å². The number of hydrogen-bond acceptors (Lipinski definition) is 4. The zero-order valence-corrected chi connectivity index (χ0v) is 13.8. The fourth-order valence-electron chi connectivity index (χ4n) is 3.02. The van der Waals surface area contributed by atoms with Crippen molar-refractivity contribution >= 4 is 11.5 Å². The summed E-state index contributed by atoms with van der Waals surface area (Å²) in [5, 5.41) is 14.2. The number of nitrogens with zero attached hydrogens (tertiary/aromatic N) is 4. The molecule has 0 spiro atoms. The van der Waals surface area contributed by atoms with Gasteiger partial charge in [-0.05, 0) is 13.3 Å². The smallest absolute Gasteiger partial charge is 0.157 e. The van der Waals surface area contributed by atoms with Gasteiger partial charge < -0.3 is 10.0 Å². The third-order valence-corrected chi connectivity index (χ3v) is 4.54. The van der Waals surface area contributed by atoms with Crippen molar-refractivity contribution in [2.24, 2.45) is 0 Å². The molecular weight excluding hydrogens is 276 g/mol. The van der Waals surface area contributed by atoms with Gasteiger partial charge >= 0.3 is 0 Å². The van der Waals surface area contributed by atoms with Gasteiger partial charge in [-0.15, -0.1) is 0 Å². The number of hydrogen-bond donors (Lipinski definition) is 1. The van der Waals surface area contributed by atoms with Crippen LogP contribution in [0.25, 0.3) is 5.65 Å². The van der Waals surface area contributed by atoms with Gasteiger partial charge in [-0.25, -0.2) is 9.50 Å². The Morgan fingerprint density at radius 3 is 2.77 bits per heavy atom. The number of aromatic nitrogens is 3. The number of rotatable bonds is 6. The van der Waals surface area contributed by atoms with Crippen molar-refractivity contribution in [3.05, 3.63) is 23.5 Å². The van der Waals surface area contributed by atoms with Gasteiger partial charge in [0.2, 0.25) is 0 Å². The lowest BCUT2D eigenvalue weighted by Gasteiger charge is -2.36. The molecule has 5 nitrogen and oxygen atoms in total. The number of aliphatic hydroxyl groups is 1. The van der Waals surface area contributed by atoms with E-state index in [9.17, 15) is 5.11 Å². The zero-order chi connectivity index (χ0) is 15.7. The normalized spacial score (nSPS) is 17.0. The molecule has 1 aliphatic rings. The van der Waals surface area contributed by atoms with Crippen LogP contribution in [0, 0.1) is 6.92 Å². The molecule has 0 aliphatic carbocycles. The maximum Gasteiger partial charge on any atom is 0.157 e. The fraction of sp³-hybridized carbons (Fsp3) is 0.647. The molecule has 0 bridgehead atoms. The first-order valence-electron chi connectivity index (χ1n) is 8.38. The molecule has 0 saturated carbocycles. The Labute approximate surface area is 132 Å². The van der Waals surface area contributed by atoms with Crippen molar-refractivity contribution in [1.82, 2.24) is 14.6 Å². The highest BCUT2D eigenvalue weighted by Gasteiger charge is 2.26. The van der Waals surface area contributed by atoms with E-state index in [2.05, 4.69) is 37.8 Å². The Morgan fingerprint density at radius 1 is 1.32 bits per heavy atom. The van der Waals surface area contributed by atoms with Crippen molar-refractivity contribution in [1.29, 1.82) is 0 Å². The average molecular weight is 302 g/mol. The highest BCUT2D eigenvalue weighted by atomic mass is 16.3. The first kappa shape index (κ1) is 15.3. The second-order valence-electron chi connectivity index (χ2n) is 6.55. The Hall–Kier alpha value is -1.62. The molecule has 0 aromatic carbocycles. The van der Waals surface area contributed by atoms with Crippen LogP contribution >= 0.6 is 0 Å². The number of anilines is 1. The average Bonchev–Trinajstić information content (AvgIpc) is 2.88. The Bertz CT molecular complexity index is 645. The third-order valence-electron chi connectivity index (χ3n) is 4.54. The number of unbranched alkanes of at least 4 members (excludes halogenated alkanes) is 2. The fourth-order valence-corrected chi connectivity index (χ4v) is 3.02. The third kappa shape index (κ3) is 2.95. The summed E-state index contributed by atoms with van der Waals surface area (Å²) >= 11 is 0. The second-order valence-corrected chi connectivity index (χ2v) is 6.55. The molecule has 1 saturated heterocycles. The second kappa shape index (κ2) is 6.24. The summed E-state index contributed by atoms with van der Waals surface area (Å²) in [4.78, 5) is 6.81. The summed E-state index contributed by atoms with van der Waals surface area (Å²) in [6.07, 6.45) is 4.77. The minimum atomic E-state index is -0.211. The number of fused-ring (bicyclic) bond motifs is 1. The van der Waals surface area contributed by atoms with Gasteiger partial charge in [-0.3, -0.25) is 0 Å². The Balaban J connectivity index is 1.81. The molecule has 1 aliphatic heterocycles. The Kier molecular flexibility index (Phi) is 4.34. The summed E-state index contributed by atoms with van der Waals surface area (Å²) in [6.45, 7) is 7.90. The highest BCUT2D eigenvalue weighted by molar-refractivity contribution is 5.52. The van der Waals surface area contributed by atoms with Gasteiger partial charge in [0.1, 0.15) is 5.82 Å².